The number of hydrogen-bond donors (Lipinski definition) is 3. The minimum atomic E-state index is -1.05. The quantitative estimate of drug-likeness (QED) is 0.100. The van der Waals surface area contributed by atoms with E-state index in [9.17, 15) is 24.0 Å². The number of imide groups is 1. The lowest BCUT2D eigenvalue weighted by Crippen LogP contribution is -2.53. The number of alkyl carbamates (subject to hydrolysis) is 1. The maximum absolute atomic E-state index is 14.2. The van der Waals surface area contributed by atoms with E-state index in [1.165, 1.54) is 27.6 Å². The first-order valence-corrected chi connectivity index (χ1v) is 20.3. The Bertz CT molecular complexity index is 1840. The number of rotatable bonds is 19. The fourth-order valence-electron chi connectivity index (χ4n) is 6.24. The van der Waals surface area contributed by atoms with Crippen LogP contribution in [0.1, 0.15) is 78.6 Å². The molecule has 0 spiro atoms. The number of aromatic nitrogens is 2. The molecule has 292 valence electrons. The molecule has 1 aliphatic rings. The summed E-state index contributed by atoms with van der Waals surface area (Å²) in [6.45, 7) is 4.47. The Balaban J connectivity index is 1.30. The van der Waals surface area contributed by atoms with E-state index in [2.05, 4.69) is 39.8 Å². The number of nitrogens with one attached hydrogen (secondary N) is 3. The number of nitrogens with zero attached hydrogens (tertiary/aromatic N) is 4. The van der Waals surface area contributed by atoms with Gasteiger partial charge in [-0.05, 0) is 43.2 Å². The molecule has 1 saturated heterocycles. The first-order valence-electron chi connectivity index (χ1n) is 18.5. The van der Waals surface area contributed by atoms with Gasteiger partial charge in [0.15, 0.2) is 0 Å². The highest BCUT2D eigenvalue weighted by Gasteiger charge is 2.32. The fourth-order valence-corrected chi connectivity index (χ4v) is 7.58. The Labute approximate surface area is 329 Å². The molecular weight excluding hydrogens is 739 g/mol. The van der Waals surface area contributed by atoms with Crippen molar-refractivity contribution in [3.05, 3.63) is 104 Å². The molecule has 0 saturated carbocycles. The zero-order valence-electron chi connectivity index (χ0n) is 31.4. The second kappa shape index (κ2) is 20.5. The molecule has 1 aliphatic heterocycles. The van der Waals surface area contributed by atoms with Crippen LogP contribution in [0.5, 0.6) is 0 Å². The van der Waals surface area contributed by atoms with Crippen LogP contribution in [-0.4, -0.2) is 81.3 Å². The summed E-state index contributed by atoms with van der Waals surface area (Å²) >= 11 is 2.94. The van der Waals surface area contributed by atoms with Crippen molar-refractivity contribution in [3.63, 3.8) is 0 Å². The van der Waals surface area contributed by atoms with Crippen LogP contribution in [0.25, 0.3) is 0 Å². The molecule has 0 unspecified atom stereocenters. The van der Waals surface area contributed by atoms with Crippen molar-refractivity contribution in [1.82, 2.24) is 35.7 Å². The number of hydrogen-bond acceptors (Lipinski definition) is 10. The molecule has 4 aromatic rings. The van der Waals surface area contributed by atoms with Crippen molar-refractivity contribution in [1.29, 1.82) is 0 Å². The van der Waals surface area contributed by atoms with Crippen molar-refractivity contribution >= 4 is 52.5 Å². The largest absolute Gasteiger partial charge is 0.444 e. The summed E-state index contributed by atoms with van der Waals surface area (Å²) in [6, 6.07) is 17.3. The second-order valence-electron chi connectivity index (χ2n) is 14.0. The number of urea groups is 1. The summed E-state index contributed by atoms with van der Waals surface area (Å²) < 4.78 is 5.49. The van der Waals surface area contributed by atoms with Crippen molar-refractivity contribution in [3.8, 4) is 0 Å². The van der Waals surface area contributed by atoms with E-state index in [4.69, 9.17) is 4.74 Å². The van der Waals surface area contributed by atoms with Crippen molar-refractivity contribution in [2.75, 3.05) is 13.6 Å². The third-order valence-corrected chi connectivity index (χ3v) is 11.2. The molecule has 0 bridgehead atoms. The van der Waals surface area contributed by atoms with Gasteiger partial charge >= 0.3 is 12.1 Å². The maximum atomic E-state index is 14.2. The fraction of sp³-hybridized carbons (Fsp3) is 0.425. The molecule has 0 aliphatic carbocycles. The molecule has 2 aromatic heterocycles. The Morgan fingerprint density at radius 1 is 0.855 bits per heavy atom. The van der Waals surface area contributed by atoms with E-state index in [-0.39, 0.29) is 68.8 Å². The predicted molar refractivity (Wildman–Crippen MR) is 211 cm³/mol. The molecule has 1 fully saturated rings. The van der Waals surface area contributed by atoms with Crippen LogP contribution in [0.2, 0.25) is 0 Å². The highest BCUT2D eigenvalue weighted by molar-refractivity contribution is 7.09. The summed E-state index contributed by atoms with van der Waals surface area (Å²) in [5, 5.41) is 11.9. The lowest BCUT2D eigenvalue weighted by atomic mass is 9.95. The number of carbonyl (C=O) groups is 5. The maximum Gasteiger partial charge on any atom is 0.407 e. The Hall–Kier alpha value is -5.15. The highest BCUT2D eigenvalue weighted by Crippen LogP contribution is 2.20. The zero-order chi connectivity index (χ0) is 39.2. The monoisotopic (exact) mass is 787 g/mol. The van der Waals surface area contributed by atoms with Gasteiger partial charge in [-0.15, -0.1) is 22.7 Å². The molecule has 3 N–H and O–H groups in total. The normalized spacial score (nSPS) is 14.4. The zero-order valence-corrected chi connectivity index (χ0v) is 33.1. The minimum absolute atomic E-state index is 0.000347. The van der Waals surface area contributed by atoms with Gasteiger partial charge in [-0.3, -0.25) is 24.3 Å². The number of likely N-dealkylation sites (tertiary alicyclic amines) is 1. The van der Waals surface area contributed by atoms with Crippen LogP contribution >= 0.6 is 22.7 Å². The topological polar surface area (TPSA) is 163 Å². The summed E-state index contributed by atoms with van der Waals surface area (Å²) in [6.07, 6.45) is 3.44. The molecule has 3 atom stereocenters. The van der Waals surface area contributed by atoms with E-state index in [0.717, 1.165) is 31.6 Å². The minimum Gasteiger partial charge on any atom is -0.444 e. The van der Waals surface area contributed by atoms with E-state index >= 15 is 0 Å². The molecule has 13 nitrogen and oxygen atoms in total. The standard InChI is InChI=1S/C40H49N7O6S2/c1-27(2)38-43-32(25-54-38)23-46(3)39(51)45-34(18-19-47-35(48)16-17-36(47)49)37(50)42-30(20-28-10-6-4-7-11-28)14-15-31(21-29-12-8-5-9-13-29)44-40(52)53-24-33-22-41-26-55-33/h4-13,22,25-27,30-31,34H,14-21,23-24H2,1-3H3,(H,42,50)(H,44,52)(H,45,51)/t30-,31-,34+/m1/s1. The highest BCUT2D eigenvalue weighted by atomic mass is 32.1. The van der Waals surface area contributed by atoms with E-state index in [0.29, 0.717) is 25.7 Å². The smallest absolute Gasteiger partial charge is 0.407 e. The first kappa shape index (κ1) is 41.0. The summed E-state index contributed by atoms with van der Waals surface area (Å²) in [5.74, 6) is -0.754. The molecule has 0 radical (unpaired) electrons. The van der Waals surface area contributed by atoms with Crippen molar-refractivity contribution in [2.45, 2.75) is 96.0 Å². The summed E-state index contributed by atoms with van der Waals surface area (Å²) in [5.41, 5.74) is 4.46. The van der Waals surface area contributed by atoms with Gasteiger partial charge in [0.1, 0.15) is 12.6 Å². The van der Waals surface area contributed by atoms with Gasteiger partial charge in [0.05, 0.1) is 27.6 Å². The van der Waals surface area contributed by atoms with Crippen molar-refractivity contribution in [2.24, 2.45) is 0 Å². The van der Waals surface area contributed by atoms with Gasteiger partial charge in [-0.1, -0.05) is 74.5 Å². The molecule has 3 heterocycles. The third kappa shape index (κ3) is 13.0. The second-order valence-corrected chi connectivity index (χ2v) is 15.8. The average molecular weight is 788 g/mol. The number of thiazole rings is 2. The van der Waals surface area contributed by atoms with Gasteiger partial charge in [-0.2, -0.15) is 0 Å². The Morgan fingerprint density at radius 2 is 1.47 bits per heavy atom. The molecule has 6 amide bonds. The number of carbonyl (C=O) groups excluding carboxylic acids is 5. The molecule has 5 rings (SSSR count). The van der Waals surface area contributed by atoms with Crippen LogP contribution < -0.4 is 16.0 Å². The predicted octanol–water partition coefficient (Wildman–Crippen LogP) is 5.82. The number of amides is 6. The lowest BCUT2D eigenvalue weighted by Gasteiger charge is -2.28. The van der Waals surface area contributed by atoms with Gasteiger partial charge in [-0.25, -0.2) is 14.6 Å². The van der Waals surface area contributed by atoms with E-state index in [1.54, 1.807) is 18.8 Å². The van der Waals surface area contributed by atoms with Gasteiger partial charge in [0.25, 0.3) is 0 Å². The van der Waals surface area contributed by atoms with Gasteiger partial charge < -0.3 is 25.6 Å². The Kier molecular flexibility index (Phi) is 15.3. The summed E-state index contributed by atoms with van der Waals surface area (Å²) in [7, 11) is 1.63. The van der Waals surface area contributed by atoms with Crippen LogP contribution in [0, 0.1) is 0 Å². The van der Waals surface area contributed by atoms with Gasteiger partial charge in [0, 0.05) is 56.0 Å². The Morgan fingerprint density at radius 3 is 2.04 bits per heavy atom. The van der Waals surface area contributed by atoms with E-state index in [1.807, 2.05) is 66.0 Å². The molecule has 15 heteroatoms. The van der Waals surface area contributed by atoms with Crippen LogP contribution in [0.15, 0.2) is 77.8 Å². The lowest BCUT2D eigenvalue weighted by molar-refractivity contribution is -0.139. The SMILES string of the molecule is CC(C)c1nc(CN(C)C(=O)N[C@@H](CCN2C(=O)CCC2=O)C(=O)N[C@H](CC[C@H](Cc2ccccc2)NC(=O)OCc2cncs2)Cc2ccccc2)cs1. The van der Waals surface area contributed by atoms with Crippen molar-refractivity contribution < 1.29 is 28.7 Å². The first-order chi connectivity index (χ1) is 26.5. The van der Waals surface area contributed by atoms with Crippen LogP contribution in [-0.2, 0) is 45.1 Å². The third-order valence-electron chi connectivity index (χ3n) is 9.23. The van der Waals surface area contributed by atoms with E-state index < -0.39 is 24.1 Å². The van der Waals surface area contributed by atoms with Crippen LogP contribution in [0.4, 0.5) is 9.59 Å². The molecule has 55 heavy (non-hydrogen) atoms. The average Bonchev–Trinajstić information content (AvgIpc) is 3.94. The number of ether oxygens (including phenoxy) is 1. The summed E-state index contributed by atoms with van der Waals surface area (Å²) in [4.78, 5) is 77.7. The molecular formula is C40H49N7O6S2. The molecule has 2 aromatic carbocycles. The van der Waals surface area contributed by atoms with Crippen LogP contribution in [0.3, 0.4) is 0 Å². The van der Waals surface area contributed by atoms with Gasteiger partial charge in [0.2, 0.25) is 17.7 Å². The number of benzene rings is 2.